The minimum absolute atomic E-state index is 0.0277. The summed E-state index contributed by atoms with van der Waals surface area (Å²) in [5.74, 6) is -0.994. The van der Waals surface area contributed by atoms with E-state index in [4.69, 9.17) is 0 Å². The van der Waals surface area contributed by atoms with Gasteiger partial charge in [-0.3, -0.25) is 24.1 Å². The molecule has 4 amide bonds. The Morgan fingerprint density at radius 2 is 1.54 bits per heavy atom. The van der Waals surface area contributed by atoms with Crippen molar-refractivity contribution in [3.8, 4) is 0 Å². The van der Waals surface area contributed by atoms with Gasteiger partial charge in [0, 0.05) is 36.6 Å². The zero-order valence-electron chi connectivity index (χ0n) is 16.1. The molecule has 0 spiro atoms. The summed E-state index contributed by atoms with van der Waals surface area (Å²) in [7, 11) is 0. The molecule has 2 heterocycles. The molecular weight excluding hydrogens is 426 g/mol. The topological polar surface area (TPSA) is 78.0 Å². The van der Waals surface area contributed by atoms with E-state index in [9.17, 15) is 19.2 Å². The van der Waals surface area contributed by atoms with Gasteiger partial charge in [-0.2, -0.15) is 0 Å². The highest BCUT2D eigenvalue weighted by molar-refractivity contribution is 9.10. The number of benzene rings is 1. The predicted molar refractivity (Wildman–Crippen MR) is 107 cm³/mol. The maximum absolute atomic E-state index is 12.7. The van der Waals surface area contributed by atoms with Crippen molar-refractivity contribution in [3.63, 3.8) is 0 Å². The highest BCUT2D eigenvalue weighted by Gasteiger charge is 2.38. The first-order valence-electron chi connectivity index (χ1n) is 9.59. The zero-order valence-corrected chi connectivity index (χ0v) is 17.7. The van der Waals surface area contributed by atoms with Gasteiger partial charge in [0.05, 0.1) is 11.1 Å². The fourth-order valence-electron chi connectivity index (χ4n) is 3.71. The van der Waals surface area contributed by atoms with Crippen molar-refractivity contribution in [2.45, 2.75) is 26.7 Å². The van der Waals surface area contributed by atoms with Crippen LogP contribution in [0.1, 0.15) is 47.4 Å². The van der Waals surface area contributed by atoms with Gasteiger partial charge in [-0.15, -0.1) is 0 Å². The number of nitrogens with zero attached hydrogens (tertiary/aromatic N) is 3. The normalized spacial score (nSPS) is 16.8. The Bertz CT molecular complexity index is 814. The number of carbonyl (C=O) groups excluding carboxylic acids is 4. The lowest BCUT2D eigenvalue weighted by atomic mass is 10.0. The molecule has 150 valence electrons. The predicted octanol–water partition coefficient (Wildman–Crippen LogP) is 2.15. The summed E-state index contributed by atoms with van der Waals surface area (Å²) in [6.07, 6.45) is 1.62. The third-order valence-corrected chi connectivity index (χ3v) is 6.00. The number of hydrogen-bond acceptors (Lipinski definition) is 4. The van der Waals surface area contributed by atoms with Gasteiger partial charge in [-0.1, -0.05) is 29.8 Å². The molecule has 0 saturated carbocycles. The average molecular weight is 450 g/mol. The third kappa shape index (κ3) is 3.83. The van der Waals surface area contributed by atoms with Gasteiger partial charge in [0.2, 0.25) is 11.8 Å². The second kappa shape index (κ2) is 8.43. The molecule has 1 aromatic carbocycles. The van der Waals surface area contributed by atoms with Crippen LogP contribution in [-0.2, 0) is 9.59 Å². The first-order valence-corrected chi connectivity index (χ1v) is 10.4. The molecular formula is C20H24BrN3O4. The number of imide groups is 1. The molecule has 1 aromatic rings. The van der Waals surface area contributed by atoms with Crippen LogP contribution in [-0.4, -0.2) is 71.1 Å². The molecule has 3 rings (SSSR count). The van der Waals surface area contributed by atoms with Crippen LogP contribution in [0, 0.1) is 5.92 Å². The smallest absolute Gasteiger partial charge is 0.262 e. The first kappa shape index (κ1) is 20.5. The van der Waals surface area contributed by atoms with Crippen molar-refractivity contribution in [3.05, 3.63) is 33.8 Å². The highest BCUT2D eigenvalue weighted by atomic mass is 79.9. The molecule has 0 aromatic heterocycles. The second-order valence-electron chi connectivity index (χ2n) is 7.11. The average Bonchev–Trinajstić information content (AvgIpc) is 2.93. The summed E-state index contributed by atoms with van der Waals surface area (Å²) in [5, 5.41) is 0. The van der Waals surface area contributed by atoms with Gasteiger partial charge in [0.15, 0.2) is 0 Å². The summed E-state index contributed by atoms with van der Waals surface area (Å²) >= 11 is 3.29. The molecule has 1 fully saturated rings. The van der Waals surface area contributed by atoms with Crippen molar-refractivity contribution >= 4 is 39.6 Å². The quantitative estimate of drug-likeness (QED) is 0.645. The van der Waals surface area contributed by atoms with Crippen molar-refractivity contribution in [2.75, 3.05) is 32.7 Å². The van der Waals surface area contributed by atoms with Gasteiger partial charge in [-0.05, 0) is 31.0 Å². The van der Waals surface area contributed by atoms with Crippen molar-refractivity contribution in [1.82, 2.24) is 14.7 Å². The number of amides is 4. The molecule has 0 unspecified atom stereocenters. The first-order chi connectivity index (χ1) is 13.4. The van der Waals surface area contributed by atoms with E-state index >= 15 is 0 Å². The third-order valence-electron chi connectivity index (χ3n) is 5.50. The summed E-state index contributed by atoms with van der Waals surface area (Å²) in [4.78, 5) is 54.6. The highest BCUT2D eigenvalue weighted by Crippen LogP contribution is 2.26. The van der Waals surface area contributed by atoms with Crippen LogP contribution in [0.5, 0.6) is 0 Å². The van der Waals surface area contributed by atoms with Crippen molar-refractivity contribution < 1.29 is 19.2 Å². The van der Waals surface area contributed by atoms with Gasteiger partial charge < -0.3 is 9.80 Å². The maximum Gasteiger partial charge on any atom is 0.262 e. The van der Waals surface area contributed by atoms with Crippen LogP contribution in [0.2, 0.25) is 0 Å². The number of fused-ring (bicyclic) bond motifs is 1. The van der Waals surface area contributed by atoms with Gasteiger partial charge >= 0.3 is 0 Å². The summed E-state index contributed by atoms with van der Waals surface area (Å²) in [5.41, 5.74) is 0.634. The number of piperazine rings is 1. The maximum atomic E-state index is 12.7. The van der Waals surface area contributed by atoms with Crippen LogP contribution in [0.15, 0.2) is 22.7 Å². The molecule has 7 nitrogen and oxygen atoms in total. The molecule has 0 aliphatic carbocycles. The fraction of sp³-hybridized carbons (Fsp3) is 0.500. The van der Waals surface area contributed by atoms with Crippen LogP contribution < -0.4 is 0 Å². The lowest BCUT2D eigenvalue weighted by Gasteiger charge is -2.36. The fourth-order valence-corrected chi connectivity index (χ4v) is 4.08. The standard InChI is InChI=1S/C20H24BrN3O4/c1-3-13(4-2)18(26)23-9-7-22(8-10-23)17(25)12-24-19(27)15-6-5-14(21)11-16(15)20(24)28/h5-6,11,13H,3-4,7-10,12H2,1-2H3. The van der Waals surface area contributed by atoms with E-state index in [0.29, 0.717) is 41.8 Å². The van der Waals surface area contributed by atoms with Crippen molar-refractivity contribution in [2.24, 2.45) is 5.92 Å². The lowest BCUT2D eigenvalue weighted by Crippen LogP contribution is -2.54. The second-order valence-corrected chi connectivity index (χ2v) is 8.02. The molecule has 0 N–H and O–H groups in total. The lowest BCUT2D eigenvalue weighted by molar-refractivity contribution is -0.142. The number of halogens is 1. The Kier molecular flexibility index (Phi) is 6.17. The van der Waals surface area contributed by atoms with Crippen molar-refractivity contribution in [1.29, 1.82) is 0 Å². The molecule has 8 heteroatoms. The molecule has 2 aliphatic heterocycles. The van der Waals surface area contributed by atoms with E-state index in [2.05, 4.69) is 15.9 Å². The van der Waals surface area contributed by atoms with E-state index in [-0.39, 0.29) is 24.3 Å². The zero-order chi connectivity index (χ0) is 20.4. The SMILES string of the molecule is CCC(CC)C(=O)N1CCN(C(=O)CN2C(=O)c3ccc(Br)cc3C2=O)CC1. The summed E-state index contributed by atoms with van der Waals surface area (Å²) < 4.78 is 0.707. The van der Waals surface area contributed by atoms with E-state index < -0.39 is 11.8 Å². The van der Waals surface area contributed by atoms with Crippen LogP contribution in [0.4, 0.5) is 0 Å². The Balaban J connectivity index is 1.59. The largest absolute Gasteiger partial charge is 0.339 e. The van der Waals surface area contributed by atoms with Gasteiger partial charge in [0.25, 0.3) is 11.8 Å². The Morgan fingerprint density at radius 1 is 0.964 bits per heavy atom. The van der Waals surface area contributed by atoms with Gasteiger partial charge in [0.1, 0.15) is 6.54 Å². The Morgan fingerprint density at radius 3 is 2.14 bits per heavy atom. The molecule has 0 radical (unpaired) electrons. The minimum atomic E-state index is -0.447. The summed E-state index contributed by atoms with van der Waals surface area (Å²) in [6.45, 7) is 5.54. The molecule has 2 aliphatic rings. The molecule has 0 bridgehead atoms. The number of carbonyl (C=O) groups is 4. The summed E-state index contributed by atoms with van der Waals surface area (Å²) in [6, 6.07) is 4.89. The van der Waals surface area contributed by atoms with Gasteiger partial charge in [-0.25, -0.2) is 0 Å². The van der Waals surface area contributed by atoms with Crippen LogP contribution in [0.3, 0.4) is 0 Å². The monoisotopic (exact) mass is 449 g/mol. The van der Waals surface area contributed by atoms with E-state index in [0.717, 1.165) is 17.7 Å². The number of hydrogen-bond donors (Lipinski definition) is 0. The van der Waals surface area contributed by atoms with Crippen LogP contribution >= 0.6 is 15.9 Å². The van der Waals surface area contributed by atoms with Crippen LogP contribution in [0.25, 0.3) is 0 Å². The molecule has 28 heavy (non-hydrogen) atoms. The Hall–Kier alpha value is -2.22. The van der Waals surface area contributed by atoms with E-state index in [1.165, 1.54) is 0 Å². The van der Waals surface area contributed by atoms with E-state index in [1.807, 2.05) is 13.8 Å². The van der Waals surface area contributed by atoms with E-state index in [1.54, 1.807) is 28.0 Å². The minimum Gasteiger partial charge on any atom is -0.339 e. The molecule has 0 atom stereocenters. The molecule has 1 saturated heterocycles. The Labute approximate surface area is 172 Å². The number of rotatable bonds is 5.